The van der Waals surface area contributed by atoms with Gasteiger partial charge in [-0.3, -0.25) is 0 Å². The molecule has 0 aromatic heterocycles. The first kappa shape index (κ1) is 14.6. The van der Waals surface area contributed by atoms with Crippen LogP contribution >= 0.6 is 23.2 Å². The largest absolute Gasteiger partial charge is 0.486 e. The van der Waals surface area contributed by atoms with Gasteiger partial charge in [0, 0.05) is 17.5 Å². The number of hydrogen-bond donors (Lipinski definition) is 0. The number of rotatable bonds is 3. The molecule has 7 heteroatoms. The highest BCUT2D eigenvalue weighted by Crippen LogP contribution is 2.41. The van der Waals surface area contributed by atoms with Gasteiger partial charge in [-0.05, 0) is 18.1 Å². The van der Waals surface area contributed by atoms with E-state index < -0.39 is 18.0 Å². The van der Waals surface area contributed by atoms with Crippen molar-refractivity contribution in [2.24, 2.45) is 0 Å². The summed E-state index contributed by atoms with van der Waals surface area (Å²) in [6, 6.07) is 3.07. The second-order valence-corrected chi connectivity index (χ2v) is 5.07. The van der Waals surface area contributed by atoms with Crippen LogP contribution in [0.3, 0.4) is 0 Å². The highest BCUT2D eigenvalue weighted by Gasteiger charge is 2.29. The molecular weight excluding hydrogens is 304 g/mol. The maximum atomic E-state index is 12.2. The minimum Gasteiger partial charge on any atom is -0.486 e. The molecule has 0 radical (unpaired) electrons. The summed E-state index contributed by atoms with van der Waals surface area (Å²) in [5, 5.41) is -0.531. The van der Waals surface area contributed by atoms with Crippen LogP contribution in [0.15, 0.2) is 12.1 Å². The van der Waals surface area contributed by atoms with Crippen molar-refractivity contribution in [3.63, 3.8) is 0 Å². The van der Waals surface area contributed by atoms with Gasteiger partial charge >= 0.3 is 6.18 Å². The number of fused-ring (bicyclic) bond motifs is 1. The molecule has 0 saturated heterocycles. The Bertz CT molecular complexity index is 463. The van der Waals surface area contributed by atoms with E-state index in [1.165, 1.54) is 6.07 Å². The number of benzene rings is 1. The van der Waals surface area contributed by atoms with E-state index in [2.05, 4.69) is 0 Å². The average Bonchev–Trinajstić information content (AvgIpc) is 2.34. The van der Waals surface area contributed by atoms with Gasteiger partial charge in [-0.2, -0.15) is 13.2 Å². The van der Waals surface area contributed by atoms with Crippen LogP contribution in [-0.4, -0.2) is 19.4 Å². The first-order valence-corrected chi connectivity index (χ1v) is 6.48. The van der Waals surface area contributed by atoms with Crippen LogP contribution in [0.4, 0.5) is 13.2 Å². The van der Waals surface area contributed by atoms with E-state index in [4.69, 9.17) is 32.7 Å². The van der Waals surface area contributed by atoms with Crippen LogP contribution in [0.2, 0.25) is 5.02 Å². The highest BCUT2D eigenvalue weighted by atomic mass is 35.5. The molecule has 106 valence electrons. The number of ether oxygens (including phenoxy) is 2. The van der Waals surface area contributed by atoms with Gasteiger partial charge < -0.3 is 9.47 Å². The van der Waals surface area contributed by atoms with Crippen LogP contribution in [0.1, 0.15) is 23.8 Å². The molecule has 0 spiro atoms. The summed E-state index contributed by atoms with van der Waals surface area (Å²) >= 11 is 12.0. The normalized spacial score (nSPS) is 16.3. The van der Waals surface area contributed by atoms with E-state index in [9.17, 15) is 13.2 Å². The zero-order valence-corrected chi connectivity index (χ0v) is 11.3. The van der Waals surface area contributed by atoms with Crippen LogP contribution in [0.25, 0.3) is 0 Å². The Morgan fingerprint density at radius 3 is 2.32 bits per heavy atom. The molecule has 1 unspecified atom stereocenters. The van der Waals surface area contributed by atoms with E-state index in [-0.39, 0.29) is 11.4 Å². The van der Waals surface area contributed by atoms with Crippen molar-refractivity contribution in [3.8, 4) is 11.5 Å². The van der Waals surface area contributed by atoms with Gasteiger partial charge in [0.25, 0.3) is 0 Å². The van der Waals surface area contributed by atoms with E-state index in [1.807, 2.05) is 0 Å². The summed E-state index contributed by atoms with van der Waals surface area (Å²) in [7, 11) is 0. The van der Waals surface area contributed by atoms with Gasteiger partial charge in [0.2, 0.25) is 0 Å². The Hall–Kier alpha value is -0.810. The molecule has 1 aliphatic heterocycles. The number of halogens is 5. The molecule has 0 bridgehead atoms. The van der Waals surface area contributed by atoms with Crippen molar-refractivity contribution >= 4 is 23.2 Å². The number of alkyl halides is 4. The van der Waals surface area contributed by atoms with Gasteiger partial charge in [-0.25, -0.2) is 0 Å². The molecule has 0 fully saturated rings. The predicted molar refractivity (Wildman–Crippen MR) is 66.3 cm³/mol. The fraction of sp³-hybridized carbons (Fsp3) is 0.500. The first-order valence-electron chi connectivity index (χ1n) is 5.66. The second-order valence-electron chi connectivity index (χ2n) is 4.14. The van der Waals surface area contributed by atoms with Gasteiger partial charge in [0.1, 0.15) is 13.2 Å². The third kappa shape index (κ3) is 3.83. The van der Waals surface area contributed by atoms with Crippen LogP contribution in [0, 0.1) is 0 Å². The van der Waals surface area contributed by atoms with Crippen molar-refractivity contribution in [1.29, 1.82) is 0 Å². The second kappa shape index (κ2) is 5.67. The molecule has 1 aromatic carbocycles. The molecule has 0 N–H and O–H groups in total. The molecule has 0 aliphatic carbocycles. The maximum Gasteiger partial charge on any atom is 0.389 e. The zero-order valence-electron chi connectivity index (χ0n) is 9.77. The van der Waals surface area contributed by atoms with Gasteiger partial charge in [0.15, 0.2) is 11.5 Å². The van der Waals surface area contributed by atoms with Crippen LogP contribution in [-0.2, 0) is 0 Å². The van der Waals surface area contributed by atoms with Crippen LogP contribution in [0.5, 0.6) is 11.5 Å². The lowest BCUT2D eigenvalue weighted by Gasteiger charge is -2.21. The first-order chi connectivity index (χ1) is 8.87. The summed E-state index contributed by atoms with van der Waals surface area (Å²) in [6.07, 6.45) is -5.41. The summed E-state index contributed by atoms with van der Waals surface area (Å²) < 4.78 is 47.2. The zero-order chi connectivity index (χ0) is 14.0. The van der Waals surface area contributed by atoms with E-state index in [0.29, 0.717) is 30.3 Å². The lowest BCUT2D eigenvalue weighted by Crippen LogP contribution is -2.15. The van der Waals surface area contributed by atoms with Crippen molar-refractivity contribution < 1.29 is 22.6 Å². The molecule has 19 heavy (non-hydrogen) atoms. The SMILES string of the molecule is FC(F)(F)CCC(Cl)c1cc2c(cc1Cl)OCCO2. The van der Waals surface area contributed by atoms with E-state index in [1.54, 1.807) is 6.07 Å². The molecule has 1 aromatic rings. The maximum absolute atomic E-state index is 12.2. The smallest absolute Gasteiger partial charge is 0.389 e. The molecule has 0 saturated carbocycles. The van der Waals surface area contributed by atoms with E-state index >= 15 is 0 Å². The van der Waals surface area contributed by atoms with Crippen molar-refractivity contribution in [1.82, 2.24) is 0 Å². The Balaban J connectivity index is 2.15. The minimum atomic E-state index is -4.23. The summed E-state index contributed by atoms with van der Waals surface area (Å²) in [6.45, 7) is 0.810. The lowest BCUT2D eigenvalue weighted by molar-refractivity contribution is -0.135. The Morgan fingerprint density at radius 2 is 1.74 bits per heavy atom. The Kier molecular flexibility index (Phi) is 4.36. The molecular formula is C12H11Cl2F3O2. The third-order valence-corrected chi connectivity index (χ3v) is 3.46. The summed E-state index contributed by atoms with van der Waals surface area (Å²) in [4.78, 5) is 0. The molecule has 2 nitrogen and oxygen atoms in total. The predicted octanol–water partition coefficient (Wildman–Crippen LogP) is 4.73. The van der Waals surface area contributed by atoms with Crippen LogP contribution < -0.4 is 9.47 Å². The Morgan fingerprint density at radius 1 is 1.16 bits per heavy atom. The molecule has 2 rings (SSSR count). The molecule has 1 heterocycles. The minimum absolute atomic E-state index is 0.232. The highest BCUT2D eigenvalue weighted by molar-refractivity contribution is 6.33. The molecule has 1 aliphatic rings. The molecule has 1 atom stereocenters. The van der Waals surface area contributed by atoms with Crippen molar-refractivity contribution in [2.75, 3.05) is 13.2 Å². The van der Waals surface area contributed by atoms with Gasteiger partial charge in [-0.1, -0.05) is 11.6 Å². The lowest BCUT2D eigenvalue weighted by atomic mass is 10.1. The Labute approximate surface area is 118 Å². The fourth-order valence-corrected chi connectivity index (χ4v) is 2.40. The molecule has 0 amide bonds. The third-order valence-electron chi connectivity index (χ3n) is 2.68. The standard InChI is InChI=1S/C12H11Cl2F3O2/c13-8(1-2-12(15,16)17)7-5-10-11(6-9(7)14)19-4-3-18-10/h5-6,8H,1-4H2. The van der Waals surface area contributed by atoms with E-state index in [0.717, 1.165) is 0 Å². The van der Waals surface area contributed by atoms with Gasteiger partial charge in [0.05, 0.1) is 5.38 Å². The number of hydrogen-bond acceptors (Lipinski definition) is 2. The van der Waals surface area contributed by atoms with Crippen molar-refractivity contribution in [2.45, 2.75) is 24.4 Å². The quantitative estimate of drug-likeness (QED) is 0.751. The van der Waals surface area contributed by atoms with Gasteiger partial charge in [-0.15, -0.1) is 11.6 Å². The topological polar surface area (TPSA) is 18.5 Å². The van der Waals surface area contributed by atoms with Crippen molar-refractivity contribution in [3.05, 3.63) is 22.7 Å². The summed E-state index contributed by atoms with van der Waals surface area (Å²) in [5.74, 6) is 0.947. The monoisotopic (exact) mass is 314 g/mol. The fourth-order valence-electron chi connectivity index (χ4n) is 1.77. The average molecular weight is 315 g/mol. The summed E-state index contributed by atoms with van der Waals surface area (Å²) in [5.41, 5.74) is 0.428.